The third-order valence-corrected chi connectivity index (χ3v) is 3.88. The molecule has 0 heterocycles. The summed E-state index contributed by atoms with van der Waals surface area (Å²) >= 11 is 6.02. The Morgan fingerprint density at radius 2 is 2.00 bits per heavy atom. The fourth-order valence-corrected chi connectivity index (χ4v) is 2.96. The van der Waals surface area contributed by atoms with Crippen LogP contribution in [-0.2, 0) is 5.60 Å². The van der Waals surface area contributed by atoms with Crippen molar-refractivity contribution in [3.05, 3.63) is 28.8 Å². The second kappa shape index (κ2) is 4.18. The van der Waals surface area contributed by atoms with E-state index in [1.165, 1.54) is 0 Å². The van der Waals surface area contributed by atoms with Gasteiger partial charge in [-0.15, -0.1) is 0 Å². The van der Waals surface area contributed by atoms with E-state index in [-0.39, 0.29) is 5.41 Å². The average molecular weight is 255 g/mol. The van der Waals surface area contributed by atoms with E-state index in [4.69, 9.17) is 16.3 Å². The van der Waals surface area contributed by atoms with Gasteiger partial charge in [0.1, 0.15) is 5.75 Å². The van der Waals surface area contributed by atoms with Crippen LogP contribution < -0.4 is 4.74 Å². The van der Waals surface area contributed by atoms with Crippen molar-refractivity contribution in [2.45, 2.75) is 38.7 Å². The fraction of sp³-hybridized carbons (Fsp3) is 0.571. The lowest BCUT2D eigenvalue weighted by Gasteiger charge is -2.27. The van der Waals surface area contributed by atoms with E-state index in [0.717, 1.165) is 30.6 Å². The highest BCUT2D eigenvalue weighted by Gasteiger charge is 2.44. The molecule has 0 aromatic heterocycles. The minimum atomic E-state index is -0.806. The van der Waals surface area contributed by atoms with E-state index in [0.29, 0.717) is 5.02 Å². The molecule has 0 radical (unpaired) electrons. The van der Waals surface area contributed by atoms with E-state index in [2.05, 4.69) is 13.8 Å². The van der Waals surface area contributed by atoms with Gasteiger partial charge in [-0.2, -0.15) is 0 Å². The molecule has 1 N–H and O–H groups in total. The van der Waals surface area contributed by atoms with Crippen LogP contribution in [0.1, 0.15) is 38.7 Å². The molecule has 1 unspecified atom stereocenters. The predicted molar refractivity (Wildman–Crippen MR) is 69.5 cm³/mol. The lowest BCUT2D eigenvalue weighted by molar-refractivity contribution is 0.0315. The second-order valence-corrected chi connectivity index (χ2v) is 6.15. The molecule has 94 valence electrons. The van der Waals surface area contributed by atoms with Crippen LogP contribution in [0.2, 0.25) is 5.02 Å². The summed E-state index contributed by atoms with van der Waals surface area (Å²) in [6.45, 7) is 4.37. The molecule has 2 rings (SSSR count). The number of halogens is 1. The molecular weight excluding hydrogens is 236 g/mol. The molecule has 0 aliphatic heterocycles. The molecule has 2 nitrogen and oxygen atoms in total. The van der Waals surface area contributed by atoms with Crippen LogP contribution in [0.15, 0.2) is 18.2 Å². The maximum Gasteiger partial charge on any atom is 0.125 e. The minimum absolute atomic E-state index is 0.169. The van der Waals surface area contributed by atoms with Gasteiger partial charge in [0.25, 0.3) is 0 Å². The van der Waals surface area contributed by atoms with Crippen molar-refractivity contribution in [1.82, 2.24) is 0 Å². The number of benzene rings is 1. The van der Waals surface area contributed by atoms with Gasteiger partial charge in [-0.05, 0) is 42.9 Å². The summed E-state index contributed by atoms with van der Waals surface area (Å²) in [5.41, 5.74) is 0.181. The Bertz CT molecular complexity index is 428. The molecule has 3 heteroatoms. The largest absolute Gasteiger partial charge is 0.496 e. The van der Waals surface area contributed by atoms with Gasteiger partial charge in [-0.3, -0.25) is 0 Å². The first-order chi connectivity index (χ1) is 7.86. The molecule has 1 atom stereocenters. The third kappa shape index (κ3) is 2.43. The highest BCUT2D eigenvalue weighted by Crippen LogP contribution is 2.51. The number of aliphatic hydroxyl groups is 1. The molecule has 1 aromatic carbocycles. The Morgan fingerprint density at radius 3 is 2.53 bits per heavy atom. The molecule has 1 aromatic rings. The van der Waals surface area contributed by atoms with Crippen molar-refractivity contribution in [1.29, 1.82) is 0 Å². The summed E-state index contributed by atoms with van der Waals surface area (Å²) in [5, 5.41) is 11.4. The first kappa shape index (κ1) is 12.7. The van der Waals surface area contributed by atoms with Gasteiger partial charge in [0, 0.05) is 10.6 Å². The Hall–Kier alpha value is -0.730. The van der Waals surface area contributed by atoms with E-state index in [9.17, 15) is 5.11 Å². The van der Waals surface area contributed by atoms with Gasteiger partial charge < -0.3 is 9.84 Å². The highest BCUT2D eigenvalue weighted by molar-refractivity contribution is 6.30. The van der Waals surface area contributed by atoms with Crippen LogP contribution in [0.4, 0.5) is 0 Å². The normalized spacial score (nSPS) is 27.1. The number of ether oxygens (including phenoxy) is 1. The summed E-state index contributed by atoms with van der Waals surface area (Å²) in [5.74, 6) is 0.717. The number of rotatable bonds is 2. The number of methoxy groups -OCH3 is 1. The molecule has 17 heavy (non-hydrogen) atoms. The Kier molecular flexibility index (Phi) is 3.13. The van der Waals surface area contributed by atoms with Crippen LogP contribution in [-0.4, -0.2) is 12.2 Å². The maximum atomic E-state index is 10.8. The quantitative estimate of drug-likeness (QED) is 0.871. The zero-order valence-electron chi connectivity index (χ0n) is 10.6. The molecule has 0 spiro atoms. The summed E-state index contributed by atoms with van der Waals surface area (Å²) in [6, 6.07) is 5.43. The molecular formula is C14H19ClO2. The first-order valence-electron chi connectivity index (χ1n) is 5.93. The van der Waals surface area contributed by atoms with Crippen LogP contribution >= 0.6 is 11.6 Å². The van der Waals surface area contributed by atoms with Gasteiger partial charge in [-0.1, -0.05) is 25.4 Å². The van der Waals surface area contributed by atoms with Gasteiger partial charge >= 0.3 is 0 Å². The smallest absolute Gasteiger partial charge is 0.125 e. The first-order valence-corrected chi connectivity index (χ1v) is 6.31. The standard InChI is InChI=1S/C14H19ClO2/c1-13(2)6-7-14(16,9-13)11-8-10(15)4-5-12(11)17-3/h4-5,8,16H,6-7,9H2,1-3H3. The Balaban J connectivity index is 2.43. The minimum Gasteiger partial charge on any atom is -0.496 e. The number of hydrogen-bond donors (Lipinski definition) is 1. The van der Waals surface area contributed by atoms with Crippen molar-refractivity contribution in [3.63, 3.8) is 0 Å². The van der Waals surface area contributed by atoms with Gasteiger partial charge in [0.2, 0.25) is 0 Å². The molecule has 1 aliphatic carbocycles. The van der Waals surface area contributed by atoms with Gasteiger partial charge in [0.15, 0.2) is 0 Å². The second-order valence-electron chi connectivity index (χ2n) is 5.72. The summed E-state index contributed by atoms with van der Waals surface area (Å²) in [6.07, 6.45) is 2.52. The maximum absolute atomic E-state index is 10.8. The van der Waals surface area contributed by atoms with Crippen molar-refractivity contribution in [2.75, 3.05) is 7.11 Å². The Labute approximate surface area is 108 Å². The van der Waals surface area contributed by atoms with E-state index in [1.807, 2.05) is 12.1 Å². The predicted octanol–water partition coefficient (Wildman–Crippen LogP) is 3.75. The lowest BCUT2D eigenvalue weighted by Crippen LogP contribution is -2.24. The van der Waals surface area contributed by atoms with Crippen molar-refractivity contribution >= 4 is 11.6 Å². The third-order valence-electron chi connectivity index (χ3n) is 3.65. The molecule has 0 amide bonds. The monoisotopic (exact) mass is 254 g/mol. The van der Waals surface area contributed by atoms with Crippen LogP contribution in [0.25, 0.3) is 0 Å². The van der Waals surface area contributed by atoms with Gasteiger partial charge in [0.05, 0.1) is 12.7 Å². The molecule has 1 aliphatic rings. The van der Waals surface area contributed by atoms with Crippen molar-refractivity contribution in [2.24, 2.45) is 5.41 Å². The molecule has 1 fully saturated rings. The summed E-state index contributed by atoms with van der Waals surface area (Å²) in [7, 11) is 1.62. The fourth-order valence-electron chi connectivity index (χ4n) is 2.79. The topological polar surface area (TPSA) is 29.5 Å². The van der Waals surface area contributed by atoms with E-state index >= 15 is 0 Å². The average Bonchev–Trinajstić information content (AvgIpc) is 2.54. The summed E-state index contributed by atoms with van der Waals surface area (Å²) < 4.78 is 5.33. The van der Waals surface area contributed by atoms with Crippen LogP contribution in [0.5, 0.6) is 5.75 Å². The van der Waals surface area contributed by atoms with Crippen molar-refractivity contribution in [3.8, 4) is 5.75 Å². The van der Waals surface area contributed by atoms with E-state index in [1.54, 1.807) is 13.2 Å². The van der Waals surface area contributed by atoms with E-state index < -0.39 is 5.60 Å². The molecule has 1 saturated carbocycles. The lowest BCUT2D eigenvalue weighted by atomic mass is 9.85. The van der Waals surface area contributed by atoms with Crippen LogP contribution in [0, 0.1) is 5.41 Å². The molecule has 0 bridgehead atoms. The zero-order valence-corrected chi connectivity index (χ0v) is 11.3. The molecule has 0 saturated heterocycles. The van der Waals surface area contributed by atoms with Crippen LogP contribution in [0.3, 0.4) is 0 Å². The zero-order chi connectivity index (χ0) is 12.7. The SMILES string of the molecule is COc1ccc(Cl)cc1C1(O)CCC(C)(C)C1. The van der Waals surface area contributed by atoms with Gasteiger partial charge in [-0.25, -0.2) is 0 Å². The number of hydrogen-bond acceptors (Lipinski definition) is 2. The van der Waals surface area contributed by atoms with Crippen molar-refractivity contribution < 1.29 is 9.84 Å². The highest BCUT2D eigenvalue weighted by atomic mass is 35.5. The Morgan fingerprint density at radius 1 is 1.29 bits per heavy atom. The summed E-state index contributed by atoms with van der Waals surface area (Å²) in [4.78, 5) is 0.